The van der Waals surface area contributed by atoms with E-state index in [0.717, 1.165) is 66.9 Å². The molecule has 0 spiro atoms. The van der Waals surface area contributed by atoms with Crippen LogP contribution in [0.1, 0.15) is 25.3 Å². The third kappa shape index (κ3) is 4.75. The number of anilines is 1. The molecule has 0 unspecified atom stereocenters. The van der Waals surface area contributed by atoms with Gasteiger partial charge >= 0.3 is 0 Å². The first kappa shape index (κ1) is 23.3. The topological polar surface area (TPSA) is 121 Å². The minimum atomic E-state index is 0.106. The van der Waals surface area contributed by atoms with Crippen LogP contribution in [0.3, 0.4) is 0 Å². The molecule has 3 aromatic rings. The molecule has 0 bridgehead atoms. The molecule has 0 aliphatic carbocycles. The largest absolute Gasteiger partial charge is 0.493 e. The summed E-state index contributed by atoms with van der Waals surface area (Å²) in [4.78, 5) is 9.56. The van der Waals surface area contributed by atoms with Gasteiger partial charge in [-0.1, -0.05) is 25.2 Å². The molecule has 1 aliphatic rings. The highest BCUT2D eigenvalue weighted by Gasteiger charge is 2.24. The number of nitrogens with two attached hydrogens (primary N) is 1. The molecule has 3 aromatic heterocycles. The summed E-state index contributed by atoms with van der Waals surface area (Å²) in [5.41, 5.74) is 3.68. The maximum atomic E-state index is 8.04. The van der Waals surface area contributed by atoms with Gasteiger partial charge in [-0.25, -0.2) is 9.66 Å². The lowest BCUT2D eigenvalue weighted by Gasteiger charge is -2.34. The highest BCUT2D eigenvalue weighted by Crippen LogP contribution is 2.39. The standard InChI is InChI=1S/C22H32N8O2S/c1-14(2)18-19(15-11-16(32-4)21(23)30(24)13-15)26-27-20(18)22-25-12-17(33-22)29-7-5-28(6-8-29)9-10-31-3/h11-14,23H,5-10,24H2,1-4H3,(H,26,27). The van der Waals surface area contributed by atoms with E-state index in [4.69, 9.17) is 25.7 Å². The molecule has 1 aliphatic heterocycles. The number of hydrogen-bond acceptors (Lipinski definition) is 9. The summed E-state index contributed by atoms with van der Waals surface area (Å²) in [6.45, 7) is 10.0. The minimum Gasteiger partial charge on any atom is -0.493 e. The number of aromatic amines is 1. The number of pyridine rings is 1. The number of nitrogens with one attached hydrogen (secondary N) is 2. The van der Waals surface area contributed by atoms with Crippen LogP contribution < -0.4 is 21.0 Å². The number of H-pyrrole nitrogens is 1. The van der Waals surface area contributed by atoms with Crippen LogP contribution in [0.4, 0.5) is 5.00 Å². The Kier molecular flexibility index (Phi) is 7.01. The van der Waals surface area contributed by atoms with E-state index in [1.165, 1.54) is 16.8 Å². The Hall–Kier alpha value is -2.89. The SMILES string of the molecule is COCCN1CCN(c2cnc(-c3[nH]nc(-c4cc(OC)c(=N)n(N)c4)c3C(C)C)s2)CC1. The van der Waals surface area contributed by atoms with Gasteiger partial charge in [-0.3, -0.25) is 15.4 Å². The second kappa shape index (κ2) is 9.94. The number of nitrogens with zero attached hydrogens (tertiary/aromatic N) is 5. The number of aromatic nitrogens is 4. The average Bonchev–Trinajstić information content (AvgIpc) is 3.47. The molecule has 0 radical (unpaired) electrons. The smallest absolute Gasteiger partial charge is 0.186 e. The Morgan fingerprint density at radius 3 is 2.67 bits per heavy atom. The van der Waals surface area contributed by atoms with Crippen LogP contribution in [0, 0.1) is 5.41 Å². The zero-order valence-corrected chi connectivity index (χ0v) is 20.4. The van der Waals surface area contributed by atoms with Crippen molar-refractivity contribution < 1.29 is 9.47 Å². The van der Waals surface area contributed by atoms with Crippen LogP contribution in [0.5, 0.6) is 5.75 Å². The van der Waals surface area contributed by atoms with Crippen molar-refractivity contribution in [2.45, 2.75) is 19.8 Å². The van der Waals surface area contributed by atoms with Gasteiger partial charge in [0.1, 0.15) is 10.0 Å². The maximum Gasteiger partial charge on any atom is 0.186 e. The van der Waals surface area contributed by atoms with E-state index < -0.39 is 0 Å². The number of rotatable bonds is 8. The molecule has 4 rings (SSSR count). The number of hydrogen-bond donors (Lipinski definition) is 3. The molecular formula is C22H32N8O2S. The van der Waals surface area contributed by atoms with Crippen LogP contribution in [0.2, 0.25) is 0 Å². The predicted molar refractivity (Wildman–Crippen MR) is 130 cm³/mol. The normalized spacial score (nSPS) is 14.9. The summed E-state index contributed by atoms with van der Waals surface area (Å²) in [5.74, 6) is 6.59. The predicted octanol–water partition coefficient (Wildman–Crippen LogP) is 2.10. The zero-order valence-electron chi connectivity index (χ0n) is 19.6. The van der Waals surface area contributed by atoms with Gasteiger partial charge in [-0.15, -0.1) is 0 Å². The lowest BCUT2D eigenvalue weighted by atomic mass is 9.97. The summed E-state index contributed by atoms with van der Waals surface area (Å²) < 4.78 is 11.8. The quantitative estimate of drug-likeness (QED) is 0.429. The Bertz CT molecular complexity index is 1140. The number of thiazole rings is 1. The number of methoxy groups -OCH3 is 2. The molecule has 4 heterocycles. The van der Waals surface area contributed by atoms with E-state index >= 15 is 0 Å². The fraction of sp³-hybridized carbons (Fsp3) is 0.500. The van der Waals surface area contributed by atoms with Crippen LogP contribution in [0.15, 0.2) is 18.5 Å². The maximum absolute atomic E-state index is 8.04. The van der Waals surface area contributed by atoms with Gasteiger partial charge < -0.3 is 20.2 Å². The van der Waals surface area contributed by atoms with Crippen molar-refractivity contribution in [1.82, 2.24) is 24.8 Å². The van der Waals surface area contributed by atoms with Crippen molar-refractivity contribution in [1.29, 1.82) is 5.41 Å². The monoisotopic (exact) mass is 472 g/mol. The Balaban J connectivity index is 1.60. The van der Waals surface area contributed by atoms with E-state index in [0.29, 0.717) is 5.75 Å². The molecular weight excluding hydrogens is 440 g/mol. The van der Waals surface area contributed by atoms with Gasteiger partial charge in [0.25, 0.3) is 0 Å². The lowest BCUT2D eigenvalue weighted by Crippen LogP contribution is -2.47. The highest BCUT2D eigenvalue weighted by molar-refractivity contribution is 7.18. The van der Waals surface area contributed by atoms with Gasteiger partial charge in [0, 0.05) is 57.2 Å². The van der Waals surface area contributed by atoms with Crippen LogP contribution in [-0.2, 0) is 4.74 Å². The first-order chi connectivity index (χ1) is 15.9. The number of ether oxygens (including phenoxy) is 2. The number of nitrogen functional groups attached to an aromatic ring is 1. The van der Waals surface area contributed by atoms with Gasteiger partial charge in [0.05, 0.1) is 31.3 Å². The van der Waals surface area contributed by atoms with Crippen molar-refractivity contribution in [3.05, 3.63) is 29.5 Å². The third-order valence-electron chi connectivity index (χ3n) is 5.93. The van der Waals surface area contributed by atoms with E-state index in [2.05, 4.69) is 33.8 Å². The fourth-order valence-corrected chi connectivity index (χ4v) is 5.09. The fourth-order valence-electron chi connectivity index (χ4n) is 4.11. The van der Waals surface area contributed by atoms with E-state index in [1.54, 1.807) is 30.7 Å². The average molecular weight is 473 g/mol. The molecule has 0 atom stereocenters. The van der Waals surface area contributed by atoms with E-state index in [-0.39, 0.29) is 11.4 Å². The second-order valence-electron chi connectivity index (χ2n) is 8.39. The van der Waals surface area contributed by atoms with Crippen molar-refractivity contribution in [3.63, 3.8) is 0 Å². The molecule has 4 N–H and O–H groups in total. The molecule has 0 saturated carbocycles. The van der Waals surface area contributed by atoms with Crippen molar-refractivity contribution in [2.24, 2.45) is 0 Å². The lowest BCUT2D eigenvalue weighted by molar-refractivity contribution is 0.144. The van der Waals surface area contributed by atoms with Gasteiger partial charge in [-0.2, -0.15) is 5.10 Å². The van der Waals surface area contributed by atoms with Gasteiger partial charge in [-0.05, 0) is 12.0 Å². The Morgan fingerprint density at radius 1 is 1.24 bits per heavy atom. The first-order valence-corrected chi connectivity index (χ1v) is 11.9. The van der Waals surface area contributed by atoms with Crippen molar-refractivity contribution in [3.8, 4) is 27.7 Å². The Morgan fingerprint density at radius 2 is 2.00 bits per heavy atom. The number of piperazine rings is 1. The molecule has 1 fully saturated rings. The second-order valence-corrected chi connectivity index (χ2v) is 9.40. The van der Waals surface area contributed by atoms with Crippen molar-refractivity contribution in [2.75, 3.05) is 64.3 Å². The van der Waals surface area contributed by atoms with Crippen molar-refractivity contribution >= 4 is 16.3 Å². The first-order valence-electron chi connectivity index (χ1n) is 11.0. The Labute approximate surface area is 197 Å². The van der Waals surface area contributed by atoms with Crippen LogP contribution in [-0.4, -0.2) is 78.3 Å². The highest BCUT2D eigenvalue weighted by atomic mass is 32.1. The molecule has 33 heavy (non-hydrogen) atoms. The molecule has 10 nitrogen and oxygen atoms in total. The summed E-state index contributed by atoms with van der Waals surface area (Å²) in [6, 6.07) is 1.80. The van der Waals surface area contributed by atoms with Gasteiger partial charge in [0.15, 0.2) is 11.2 Å². The molecule has 11 heteroatoms. The molecule has 1 saturated heterocycles. The van der Waals surface area contributed by atoms with E-state index in [9.17, 15) is 0 Å². The van der Waals surface area contributed by atoms with Crippen LogP contribution in [0.25, 0.3) is 22.0 Å². The zero-order chi connectivity index (χ0) is 23.5. The molecule has 0 amide bonds. The van der Waals surface area contributed by atoms with Crippen LogP contribution >= 0.6 is 11.3 Å². The van der Waals surface area contributed by atoms with E-state index in [1.807, 2.05) is 6.20 Å². The summed E-state index contributed by atoms with van der Waals surface area (Å²) >= 11 is 1.68. The minimum absolute atomic E-state index is 0.106. The summed E-state index contributed by atoms with van der Waals surface area (Å²) in [7, 11) is 3.28. The summed E-state index contributed by atoms with van der Waals surface area (Å²) in [5, 5.41) is 17.9. The molecule has 0 aromatic carbocycles. The van der Waals surface area contributed by atoms with Gasteiger partial charge in [0.2, 0.25) is 0 Å². The molecule has 178 valence electrons. The summed E-state index contributed by atoms with van der Waals surface area (Å²) in [6.07, 6.45) is 3.66. The third-order valence-corrected chi connectivity index (χ3v) is 7.01.